The minimum atomic E-state index is -0.841. The highest BCUT2D eigenvalue weighted by molar-refractivity contribution is 5.86. The lowest BCUT2D eigenvalue weighted by atomic mass is 9.90. The van der Waals surface area contributed by atoms with Crippen molar-refractivity contribution in [3.8, 4) is 0 Å². The highest BCUT2D eigenvalue weighted by Crippen LogP contribution is 2.22. The lowest BCUT2D eigenvalue weighted by Crippen LogP contribution is -2.07. The summed E-state index contributed by atoms with van der Waals surface area (Å²) in [5.74, 6) is -1.13. The number of hydrogen-bond donors (Lipinski definition) is 2. The summed E-state index contributed by atoms with van der Waals surface area (Å²) in [7, 11) is 0. The molecule has 4 nitrogen and oxygen atoms in total. The Kier molecular flexibility index (Phi) is 17.7. The molecule has 25 heavy (non-hydrogen) atoms. The lowest BCUT2D eigenvalue weighted by Gasteiger charge is -2.15. The van der Waals surface area contributed by atoms with Crippen LogP contribution in [-0.2, 0) is 9.59 Å². The Morgan fingerprint density at radius 3 is 1.96 bits per heavy atom. The van der Waals surface area contributed by atoms with E-state index in [4.69, 9.17) is 10.2 Å². The smallest absolute Gasteiger partial charge is 0.330 e. The summed E-state index contributed by atoms with van der Waals surface area (Å²) in [6.07, 6.45) is 12.6. The lowest BCUT2D eigenvalue weighted by molar-refractivity contribution is -0.133. The molecule has 0 saturated carbocycles. The van der Waals surface area contributed by atoms with E-state index in [1.807, 2.05) is 0 Å². The second-order valence-electron chi connectivity index (χ2n) is 6.60. The van der Waals surface area contributed by atoms with Crippen molar-refractivity contribution in [2.24, 2.45) is 5.92 Å². The molecule has 0 fully saturated rings. The molecule has 0 aromatic heterocycles. The third kappa shape index (κ3) is 17.0. The van der Waals surface area contributed by atoms with Gasteiger partial charge in [0, 0.05) is 11.1 Å². The Morgan fingerprint density at radius 2 is 1.52 bits per heavy atom. The van der Waals surface area contributed by atoms with Crippen molar-refractivity contribution in [2.45, 2.75) is 91.9 Å². The predicted molar refractivity (Wildman–Crippen MR) is 105 cm³/mol. The molecule has 0 radical (unpaired) electrons. The summed E-state index contributed by atoms with van der Waals surface area (Å²) < 4.78 is 0. The zero-order valence-electron chi connectivity index (χ0n) is 16.6. The summed E-state index contributed by atoms with van der Waals surface area (Å²) in [4.78, 5) is 20.9. The molecular weight excluding hydrogens is 316 g/mol. The molecule has 4 heteroatoms. The molecule has 146 valence electrons. The van der Waals surface area contributed by atoms with Crippen LogP contribution in [0.25, 0.3) is 0 Å². The zero-order valence-corrected chi connectivity index (χ0v) is 16.6. The van der Waals surface area contributed by atoms with E-state index in [2.05, 4.69) is 27.4 Å². The molecule has 0 amide bonds. The van der Waals surface area contributed by atoms with Crippen molar-refractivity contribution >= 4 is 11.9 Å². The van der Waals surface area contributed by atoms with E-state index in [9.17, 15) is 9.59 Å². The van der Waals surface area contributed by atoms with E-state index in [0.717, 1.165) is 38.5 Å². The quantitative estimate of drug-likeness (QED) is 0.304. The summed E-state index contributed by atoms with van der Waals surface area (Å²) in [6, 6.07) is 0. The van der Waals surface area contributed by atoms with Gasteiger partial charge in [-0.2, -0.15) is 0 Å². The molecule has 0 spiro atoms. The first-order valence-electron chi connectivity index (χ1n) is 9.61. The second kappa shape index (κ2) is 17.2. The molecule has 0 heterocycles. The van der Waals surface area contributed by atoms with Gasteiger partial charge >= 0.3 is 11.9 Å². The van der Waals surface area contributed by atoms with Crippen LogP contribution in [-0.4, -0.2) is 22.2 Å². The number of rotatable bonds is 13. The maximum atomic E-state index is 10.7. The monoisotopic (exact) mass is 354 g/mol. The summed E-state index contributed by atoms with van der Waals surface area (Å²) >= 11 is 0. The third-order valence-corrected chi connectivity index (χ3v) is 4.10. The Morgan fingerprint density at radius 1 is 0.920 bits per heavy atom. The Bertz CT molecular complexity index is 410. The highest BCUT2D eigenvalue weighted by atomic mass is 16.4. The van der Waals surface area contributed by atoms with E-state index in [1.165, 1.54) is 19.3 Å². The largest absolute Gasteiger partial charge is 0.478 e. The summed E-state index contributed by atoms with van der Waals surface area (Å²) in [5.41, 5.74) is 0.818. The van der Waals surface area contributed by atoms with Crippen LogP contribution in [0.5, 0.6) is 0 Å². The van der Waals surface area contributed by atoms with Crippen LogP contribution in [0.3, 0.4) is 0 Å². The molecule has 0 aromatic carbocycles. The fraction of sp³-hybridized carbons (Fsp3) is 0.714. The number of carboxylic acid groups (broad SMARTS) is 2. The van der Waals surface area contributed by atoms with Gasteiger partial charge in [-0.1, -0.05) is 84.8 Å². The molecule has 0 aliphatic rings. The zero-order chi connectivity index (χ0) is 19.7. The Labute approximate surface area is 154 Å². The van der Waals surface area contributed by atoms with Gasteiger partial charge in [-0.15, -0.1) is 0 Å². The maximum absolute atomic E-state index is 10.7. The van der Waals surface area contributed by atoms with Gasteiger partial charge in [0.25, 0.3) is 0 Å². The van der Waals surface area contributed by atoms with Crippen molar-refractivity contribution in [1.82, 2.24) is 0 Å². The van der Waals surface area contributed by atoms with Gasteiger partial charge in [0.05, 0.1) is 0 Å². The van der Waals surface area contributed by atoms with Crippen molar-refractivity contribution in [2.75, 3.05) is 0 Å². The minimum absolute atomic E-state index is 0.366. The number of unbranched alkanes of at least 4 members (excludes halogenated alkanes) is 4. The van der Waals surface area contributed by atoms with Crippen molar-refractivity contribution in [3.05, 3.63) is 23.8 Å². The van der Waals surface area contributed by atoms with Crippen LogP contribution in [0.1, 0.15) is 91.9 Å². The van der Waals surface area contributed by atoms with Crippen LogP contribution in [0.15, 0.2) is 23.8 Å². The molecule has 2 N–H and O–H groups in total. The molecule has 0 aromatic rings. The second-order valence-corrected chi connectivity index (χ2v) is 6.60. The average Bonchev–Trinajstić information content (AvgIpc) is 2.55. The maximum Gasteiger partial charge on any atom is 0.330 e. The van der Waals surface area contributed by atoms with E-state index in [-0.39, 0.29) is 0 Å². The van der Waals surface area contributed by atoms with Gasteiger partial charge in [-0.25, -0.2) is 9.59 Å². The summed E-state index contributed by atoms with van der Waals surface area (Å²) in [6.45, 7) is 11.6. The third-order valence-electron chi connectivity index (χ3n) is 4.10. The van der Waals surface area contributed by atoms with E-state index in [1.54, 1.807) is 13.0 Å². The number of hydrogen-bond acceptors (Lipinski definition) is 2. The summed E-state index contributed by atoms with van der Waals surface area (Å²) in [5, 5.41) is 17.2. The minimum Gasteiger partial charge on any atom is -0.478 e. The topological polar surface area (TPSA) is 74.6 Å². The fourth-order valence-electron chi connectivity index (χ4n) is 2.49. The number of aliphatic carboxylic acids is 2. The Balaban J connectivity index is 0. The van der Waals surface area contributed by atoms with Crippen molar-refractivity contribution < 1.29 is 19.8 Å². The molecular formula is C21H38O4. The number of carbonyl (C=O) groups is 2. The van der Waals surface area contributed by atoms with Crippen LogP contribution >= 0.6 is 0 Å². The van der Waals surface area contributed by atoms with Crippen molar-refractivity contribution in [1.29, 1.82) is 0 Å². The first-order chi connectivity index (χ1) is 11.8. The van der Waals surface area contributed by atoms with Crippen LogP contribution in [0.2, 0.25) is 0 Å². The van der Waals surface area contributed by atoms with E-state index < -0.39 is 11.9 Å². The number of allylic oxidation sites excluding steroid dienone is 1. The van der Waals surface area contributed by atoms with Gasteiger partial charge in [0.15, 0.2) is 0 Å². The molecule has 0 aliphatic carbocycles. The highest BCUT2D eigenvalue weighted by Gasteiger charge is 2.13. The molecule has 1 atom stereocenters. The molecule has 0 aliphatic heterocycles. The predicted octanol–water partition coefficient (Wildman–Crippen LogP) is 6.22. The standard InChI is InChI=1S/C13H24O2.C8H14O2/c1-4-6-7-9-12(8-5-2)10-11(3)13(14)15;1-3-4-5-6-7(2)8(9)10/h12H,3-10H2,1-2H3,(H,14,15);6H,3-5H2,1-2H3,(H,9,10). The first kappa shape index (κ1) is 25.7. The van der Waals surface area contributed by atoms with E-state index in [0.29, 0.717) is 23.5 Å². The van der Waals surface area contributed by atoms with Gasteiger partial charge in [0.2, 0.25) is 0 Å². The fourth-order valence-corrected chi connectivity index (χ4v) is 2.49. The molecule has 0 rings (SSSR count). The van der Waals surface area contributed by atoms with Crippen molar-refractivity contribution in [3.63, 3.8) is 0 Å². The van der Waals surface area contributed by atoms with Crippen LogP contribution < -0.4 is 0 Å². The van der Waals surface area contributed by atoms with Crippen LogP contribution in [0.4, 0.5) is 0 Å². The van der Waals surface area contributed by atoms with Gasteiger partial charge in [-0.05, 0) is 25.7 Å². The van der Waals surface area contributed by atoms with Gasteiger partial charge < -0.3 is 10.2 Å². The van der Waals surface area contributed by atoms with E-state index >= 15 is 0 Å². The number of carboxylic acids is 2. The Hall–Kier alpha value is -1.58. The normalized spacial score (nSPS) is 12.1. The molecule has 1 unspecified atom stereocenters. The average molecular weight is 355 g/mol. The SMILES string of the molecule is C=C(CC(CCC)CCCCC)C(=O)O.CCCCC=C(C)C(=O)O. The van der Waals surface area contributed by atoms with Gasteiger partial charge in [0.1, 0.15) is 0 Å². The first-order valence-corrected chi connectivity index (χ1v) is 9.61. The van der Waals surface area contributed by atoms with Gasteiger partial charge in [-0.3, -0.25) is 0 Å². The molecule has 0 saturated heterocycles. The van der Waals surface area contributed by atoms with Crippen LogP contribution in [0, 0.1) is 5.92 Å². The molecule has 0 bridgehead atoms.